The lowest BCUT2D eigenvalue weighted by Gasteiger charge is -2.23. The summed E-state index contributed by atoms with van der Waals surface area (Å²) in [6.07, 6.45) is -0.0479. The lowest BCUT2D eigenvalue weighted by atomic mass is 9.97. The van der Waals surface area contributed by atoms with Gasteiger partial charge in [0.1, 0.15) is 23.4 Å². The maximum atomic E-state index is 11.5. The third kappa shape index (κ3) is 6.20. The van der Waals surface area contributed by atoms with Crippen LogP contribution in [0.1, 0.15) is 67.0 Å². The Hall–Kier alpha value is -2.73. The quantitative estimate of drug-likeness (QED) is 0.489. The Balaban J connectivity index is 2.16. The molecule has 1 unspecified atom stereocenters. The zero-order valence-corrected chi connectivity index (χ0v) is 21.9. The molecule has 182 valence electrons. The molecular weight excluding hydrogens is 416 g/mol. The van der Waals surface area contributed by atoms with Crippen LogP contribution in [0, 0.1) is 27.7 Å². The molecule has 0 heterocycles. The summed E-state index contributed by atoms with van der Waals surface area (Å²) >= 11 is 0. The van der Waals surface area contributed by atoms with Crippen molar-refractivity contribution in [2.45, 2.75) is 74.0 Å². The van der Waals surface area contributed by atoms with Crippen LogP contribution in [-0.2, 0) is 11.3 Å². The Labute approximate surface area is 199 Å². The number of hydrogen-bond donors (Lipinski definition) is 2. The largest absolute Gasteiger partial charge is 0.496 e. The molecule has 1 atom stereocenters. The van der Waals surface area contributed by atoms with E-state index >= 15 is 0 Å². The number of methoxy groups -OCH3 is 2. The van der Waals surface area contributed by atoms with Gasteiger partial charge in [0.05, 0.1) is 14.2 Å². The predicted molar refractivity (Wildman–Crippen MR) is 135 cm³/mol. The molecule has 0 fully saturated rings. The van der Waals surface area contributed by atoms with Gasteiger partial charge in [-0.1, -0.05) is 13.8 Å². The van der Waals surface area contributed by atoms with E-state index in [0.717, 1.165) is 56.3 Å². The molecule has 0 aromatic heterocycles. The summed E-state index contributed by atoms with van der Waals surface area (Å²) in [5.74, 6) is 2.85. The number of benzene rings is 2. The third-order valence-corrected chi connectivity index (χ3v) is 6.07. The summed E-state index contributed by atoms with van der Waals surface area (Å²) in [6, 6.07) is 4.03. The molecule has 2 rings (SSSR count). The fourth-order valence-corrected chi connectivity index (χ4v) is 4.19. The standard InChI is InChI=1S/C27H40N2O4/c1-15(2)22-12-24(29-21(8)30)16(3)11-25(22)33-17(4)13-28-14-23-20(7)26(31-9)18(5)19(6)27(23)32-10/h11-12,15,17,28H,13-14H2,1-10H3,(H,29,30). The molecule has 33 heavy (non-hydrogen) atoms. The second-order valence-electron chi connectivity index (χ2n) is 9.02. The van der Waals surface area contributed by atoms with E-state index in [2.05, 4.69) is 52.2 Å². The minimum absolute atomic E-state index is 0.0479. The highest BCUT2D eigenvalue weighted by Crippen LogP contribution is 2.37. The first-order valence-corrected chi connectivity index (χ1v) is 11.5. The van der Waals surface area contributed by atoms with Crippen molar-refractivity contribution in [3.8, 4) is 17.2 Å². The van der Waals surface area contributed by atoms with Crippen molar-refractivity contribution >= 4 is 11.6 Å². The molecule has 2 N–H and O–H groups in total. The number of carbonyl (C=O) groups excluding carboxylic acids is 1. The average Bonchev–Trinajstić information content (AvgIpc) is 2.73. The second kappa shape index (κ2) is 11.4. The molecule has 0 bridgehead atoms. The topological polar surface area (TPSA) is 68.8 Å². The van der Waals surface area contributed by atoms with Crippen LogP contribution in [-0.4, -0.2) is 32.8 Å². The molecule has 0 saturated carbocycles. The van der Waals surface area contributed by atoms with E-state index in [9.17, 15) is 4.79 Å². The Morgan fingerprint density at radius 1 is 0.939 bits per heavy atom. The van der Waals surface area contributed by atoms with Gasteiger partial charge in [0, 0.05) is 31.3 Å². The van der Waals surface area contributed by atoms with Gasteiger partial charge in [-0.25, -0.2) is 0 Å². The second-order valence-corrected chi connectivity index (χ2v) is 9.02. The Kier molecular flexibility index (Phi) is 9.17. The van der Waals surface area contributed by atoms with Gasteiger partial charge in [0.2, 0.25) is 5.91 Å². The van der Waals surface area contributed by atoms with Crippen molar-refractivity contribution < 1.29 is 19.0 Å². The van der Waals surface area contributed by atoms with Gasteiger partial charge >= 0.3 is 0 Å². The summed E-state index contributed by atoms with van der Waals surface area (Å²) < 4.78 is 17.7. The van der Waals surface area contributed by atoms with Gasteiger partial charge in [0.15, 0.2) is 0 Å². The average molecular weight is 457 g/mol. The van der Waals surface area contributed by atoms with Crippen LogP contribution in [0.3, 0.4) is 0 Å². The molecule has 1 amide bonds. The number of hydrogen-bond acceptors (Lipinski definition) is 5. The van der Waals surface area contributed by atoms with Gasteiger partial charge in [-0.2, -0.15) is 0 Å². The van der Waals surface area contributed by atoms with Crippen molar-refractivity contribution in [2.24, 2.45) is 0 Å². The highest BCUT2D eigenvalue weighted by Gasteiger charge is 2.19. The van der Waals surface area contributed by atoms with Crippen LogP contribution < -0.4 is 24.8 Å². The number of anilines is 1. The molecule has 0 aliphatic rings. The first kappa shape index (κ1) is 26.5. The maximum absolute atomic E-state index is 11.5. The fraction of sp³-hybridized carbons (Fsp3) is 0.519. The number of carbonyl (C=O) groups is 1. The van der Waals surface area contributed by atoms with Gasteiger partial charge in [-0.15, -0.1) is 0 Å². The highest BCUT2D eigenvalue weighted by molar-refractivity contribution is 5.89. The fourth-order valence-electron chi connectivity index (χ4n) is 4.19. The van der Waals surface area contributed by atoms with E-state index in [-0.39, 0.29) is 17.9 Å². The first-order chi connectivity index (χ1) is 15.5. The van der Waals surface area contributed by atoms with Crippen LogP contribution in [0.25, 0.3) is 0 Å². The molecule has 2 aromatic carbocycles. The van der Waals surface area contributed by atoms with Crippen molar-refractivity contribution in [3.63, 3.8) is 0 Å². The molecule has 0 saturated heterocycles. The zero-order chi connectivity index (χ0) is 24.9. The molecule has 2 aromatic rings. The van der Waals surface area contributed by atoms with E-state index < -0.39 is 0 Å². The minimum atomic E-state index is -0.0762. The molecule has 0 radical (unpaired) electrons. The van der Waals surface area contributed by atoms with Gasteiger partial charge in [-0.05, 0) is 80.5 Å². The molecule has 0 spiro atoms. The van der Waals surface area contributed by atoms with Crippen LogP contribution in [0.4, 0.5) is 5.69 Å². The highest BCUT2D eigenvalue weighted by atomic mass is 16.5. The Morgan fingerprint density at radius 3 is 2.09 bits per heavy atom. The molecule has 6 heteroatoms. The monoisotopic (exact) mass is 456 g/mol. The molecule has 6 nitrogen and oxygen atoms in total. The van der Waals surface area contributed by atoms with E-state index in [1.54, 1.807) is 14.2 Å². The van der Waals surface area contributed by atoms with Gasteiger partial charge in [0.25, 0.3) is 0 Å². The van der Waals surface area contributed by atoms with Crippen LogP contribution in [0.15, 0.2) is 12.1 Å². The molecule has 0 aliphatic carbocycles. The van der Waals surface area contributed by atoms with Gasteiger partial charge < -0.3 is 24.8 Å². The van der Waals surface area contributed by atoms with Gasteiger partial charge in [-0.3, -0.25) is 4.79 Å². The summed E-state index contributed by atoms with van der Waals surface area (Å²) in [6.45, 7) is 17.3. The van der Waals surface area contributed by atoms with Crippen LogP contribution in [0.2, 0.25) is 0 Å². The van der Waals surface area contributed by atoms with E-state index in [1.807, 2.05) is 19.1 Å². The third-order valence-electron chi connectivity index (χ3n) is 6.07. The number of amides is 1. The van der Waals surface area contributed by atoms with E-state index in [1.165, 1.54) is 6.92 Å². The first-order valence-electron chi connectivity index (χ1n) is 11.5. The normalized spacial score (nSPS) is 12.0. The summed E-state index contributed by atoms with van der Waals surface area (Å²) in [7, 11) is 3.42. The molecule has 0 aliphatic heterocycles. The van der Waals surface area contributed by atoms with Crippen molar-refractivity contribution in [1.29, 1.82) is 0 Å². The lowest BCUT2D eigenvalue weighted by Crippen LogP contribution is -2.29. The zero-order valence-electron chi connectivity index (χ0n) is 21.9. The van der Waals surface area contributed by atoms with Crippen LogP contribution >= 0.6 is 0 Å². The molecular formula is C27H40N2O4. The number of ether oxygens (including phenoxy) is 3. The Morgan fingerprint density at radius 2 is 1.55 bits per heavy atom. The summed E-state index contributed by atoms with van der Waals surface area (Å²) in [5.41, 5.74) is 7.27. The SMILES string of the molecule is COc1c(C)c(C)c(OC)c(CNCC(C)Oc2cc(C)c(NC(C)=O)cc2C(C)C)c1C. The number of nitrogens with one attached hydrogen (secondary N) is 2. The summed E-state index contributed by atoms with van der Waals surface area (Å²) in [5, 5.41) is 6.42. The van der Waals surface area contributed by atoms with Crippen molar-refractivity contribution in [1.82, 2.24) is 5.32 Å². The Bertz CT molecular complexity index is 999. The van der Waals surface area contributed by atoms with Crippen molar-refractivity contribution in [2.75, 3.05) is 26.1 Å². The van der Waals surface area contributed by atoms with Crippen molar-refractivity contribution in [3.05, 3.63) is 45.5 Å². The number of rotatable bonds is 10. The van der Waals surface area contributed by atoms with E-state index in [4.69, 9.17) is 14.2 Å². The minimum Gasteiger partial charge on any atom is -0.496 e. The van der Waals surface area contributed by atoms with E-state index in [0.29, 0.717) is 13.1 Å². The maximum Gasteiger partial charge on any atom is 0.221 e. The number of aryl methyl sites for hydroxylation is 1. The summed E-state index contributed by atoms with van der Waals surface area (Å²) in [4.78, 5) is 11.5. The smallest absolute Gasteiger partial charge is 0.221 e. The lowest BCUT2D eigenvalue weighted by molar-refractivity contribution is -0.114. The predicted octanol–water partition coefficient (Wildman–Crippen LogP) is 5.58. The van der Waals surface area contributed by atoms with Crippen LogP contribution in [0.5, 0.6) is 17.2 Å².